The number of rotatable bonds is 63. The lowest BCUT2D eigenvalue weighted by molar-refractivity contribution is -0.379. The van der Waals surface area contributed by atoms with Crippen LogP contribution in [-0.4, -0.2) is 193 Å². The minimum Gasteiger partial charge on any atom is -0.394 e. The fraction of sp³-hybridized carbons (Fsp3) is 0.987. The van der Waals surface area contributed by atoms with E-state index in [0.29, 0.717) is 12.8 Å². The smallest absolute Gasteiger partial charge is 0.220 e. The first-order valence-corrected chi connectivity index (χ1v) is 39.3. The third kappa shape index (κ3) is 38.0. The molecule has 3 aliphatic rings. The Labute approximate surface area is 570 Å². The van der Waals surface area contributed by atoms with Crippen molar-refractivity contribution in [2.24, 2.45) is 0 Å². The predicted molar refractivity (Wildman–Crippen MR) is 370 cm³/mol. The molecule has 3 heterocycles. The molecule has 3 saturated heterocycles. The van der Waals surface area contributed by atoms with Gasteiger partial charge in [0.25, 0.3) is 0 Å². The molecule has 3 rings (SSSR count). The van der Waals surface area contributed by atoms with Crippen LogP contribution in [0.3, 0.4) is 0 Å². The van der Waals surface area contributed by atoms with Crippen molar-refractivity contribution in [2.45, 2.75) is 446 Å². The number of hydrogen-bond acceptors (Lipinski definition) is 18. The molecule has 0 aromatic carbocycles. The average Bonchev–Trinajstić information content (AvgIpc) is 0.792. The van der Waals surface area contributed by atoms with E-state index < -0.39 is 124 Å². The normalized spacial score (nSPS) is 27.3. The first kappa shape index (κ1) is 87.0. The van der Waals surface area contributed by atoms with E-state index in [1.54, 1.807) is 0 Å². The Hall–Kier alpha value is -1.21. The number of aliphatic hydroxyl groups excluding tert-OH is 11. The highest BCUT2D eigenvalue weighted by Gasteiger charge is 2.54. The number of amides is 1. The summed E-state index contributed by atoms with van der Waals surface area (Å²) in [6.45, 7) is 1.85. The average molecular weight is 1350 g/mol. The van der Waals surface area contributed by atoms with E-state index in [4.69, 9.17) is 28.4 Å². The van der Waals surface area contributed by atoms with Crippen LogP contribution in [0, 0.1) is 0 Å². The van der Waals surface area contributed by atoms with Gasteiger partial charge in [-0.05, 0) is 12.8 Å². The van der Waals surface area contributed by atoms with Gasteiger partial charge in [0.15, 0.2) is 18.9 Å². The van der Waals surface area contributed by atoms with Gasteiger partial charge in [0.2, 0.25) is 5.91 Å². The monoisotopic (exact) mass is 1350 g/mol. The highest BCUT2D eigenvalue weighted by Crippen LogP contribution is 2.33. The van der Waals surface area contributed by atoms with Crippen LogP contribution < -0.4 is 5.32 Å². The molecule has 17 unspecified atom stereocenters. The second kappa shape index (κ2) is 57.4. The summed E-state index contributed by atoms with van der Waals surface area (Å²) in [6, 6.07) is -0.882. The third-order valence-corrected chi connectivity index (χ3v) is 20.2. The molecule has 12 N–H and O–H groups in total. The highest BCUT2D eigenvalue weighted by molar-refractivity contribution is 5.76. The van der Waals surface area contributed by atoms with Gasteiger partial charge in [-0.2, -0.15) is 0 Å². The van der Waals surface area contributed by atoms with Crippen molar-refractivity contribution in [2.75, 3.05) is 26.4 Å². The van der Waals surface area contributed by atoms with E-state index in [9.17, 15) is 61.0 Å². The summed E-state index contributed by atoms with van der Waals surface area (Å²) >= 11 is 0. The summed E-state index contributed by atoms with van der Waals surface area (Å²) < 4.78 is 34.5. The van der Waals surface area contributed by atoms with Gasteiger partial charge < -0.3 is 89.9 Å². The summed E-state index contributed by atoms with van der Waals surface area (Å²) in [5, 5.41) is 121. The van der Waals surface area contributed by atoms with Crippen molar-refractivity contribution in [3.63, 3.8) is 0 Å². The molecule has 19 nitrogen and oxygen atoms in total. The summed E-state index contributed by atoms with van der Waals surface area (Å²) in [5.74, 6) is -0.235. The fourth-order valence-electron chi connectivity index (χ4n) is 13.8. The zero-order valence-electron chi connectivity index (χ0n) is 59.5. The van der Waals surface area contributed by atoms with Gasteiger partial charge in [-0.15, -0.1) is 0 Å². The number of ether oxygens (including phenoxy) is 6. The van der Waals surface area contributed by atoms with E-state index >= 15 is 0 Å². The summed E-state index contributed by atoms with van der Waals surface area (Å²) in [5.41, 5.74) is 0. The van der Waals surface area contributed by atoms with Gasteiger partial charge >= 0.3 is 0 Å². The first-order chi connectivity index (χ1) is 45.8. The number of aliphatic hydroxyl groups is 11. The van der Waals surface area contributed by atoms with E-state index in [1.807, 2.05) is 0 Å². The van der Waals surface area contributed by atoms with Gasteiger partial charge in [0, 0.05) is 6.42 Å². The van der Waals surface area contributed by atoms with Crippen molar-refractivity contribution in [1.82, 2.24) is 5.32 Å². The lowest BCUT2D eigenvalue weighted by Gasteiger charge is -2.48. The van der Waals surface area contributed by atoms with E-state index in [-0.39, 0.29) is 18.9 Å². The zero-order chi connectivity index (χ0) is 68.2. The SMILES string of the molecule is CCCCCCCCCCCCCCCCCCCCCCCCCCCCCCCCCCCCCC(=O)NC(COC1OC(CO)C(OC2OC(CO)C(OC3OC(CO)C(O)C(O)C3O)C(O)C2O)C(O)C1O)C(O)CCCCCCCCCCCCCCCC. The van der Waals surface area contributed by atoms with Crippen molar-refractivity contribution in [1.29, 1.82) is 0 Å². The first-order valence-electron chi connectivity index (χ1n) is 39.3. The minimum absolute atomic E-state index is 0.235. The molecule has 0 spiro atoms. The number of unbranched alkanes of at least 4 members (excludes halogenated alkanes) is 47. The standard InChI is InChI=1S/C75H145NO18/c1-3-5-7-9-11-13-15-17-19-20-21-22-23-24-25-26-27-28-29-30-31-32-33-34-35-36-37-38-39-41-43-45-47-49-51-53-63(81)76-58(59(80)52-50-48-46-44-42-40-18-16-14-12-10-8-6-4-2)57-89-73-69(87)66(84)71(61(55-78)91-73)94-75-70(88)67(85)72(62(56-79)92-75)93-74-68(86)65(83)64(82)60(54-77)90-74/h58-62,64-75,77-80,82-88H,3-57H2,1-2H3,(H,76,81). The van der Waals surface area contributed by atoms with Crippen molar-refractivity contribution in [3.8, 4) is 0 Å². The molecule has 3 fully saturated rings. The van der Waals surface area contributed by atoms with Gasteiger partial charge in [-0.25, -0.2) is 0 Å². The van der Waals surface area contributed by atoms with Crippen LogP contribution in [0.1, 0.15) is 341 Å². The van der Waals surface area contributed by atoms with Gasteiger partial charge in [-0.1, -0.05) is 322 Å². The number of carbonyl (C=O) groups is 1. The van der Waals surface area contributed by atoms with Crippen LogP contribution in [0.2, 0.25) is 0 Å². The number of hydrogen-bond donors (Lipinski definition) is 12. The fourth-order valence-corrected chi connectivity index (χ4v) is 13.8. The van der Waals surface area contributed by atoms with Gasteiger partial charge in [-0.3, -0.25) is 4.79 Å². The van der Waals surface area contributed by atoms with Crippen LogP contribution in [0.15, 0.2) is 0 Å². The van der Waals surface area contributed by atoms with Crippen molar-refractivity contribution >= 4 is 5.91 Å². The lowest BCUT2D eigenvalue weighted by atomic mass is 9.96. The van der Waals surface area contributed by atoms with Crippen molar-refractivity contribution in [3.05, 3.63) is 0 Å². The second-order valence-corrected chi connectivity index (χ2v) is 28.5. The van der Waals surface area contributed by atoms with Crippen LogP contribution in [0.5, 0.6) is 0 Å². The highest BCUT2D eigenvalue weighted by atomic mass is 16.8. The van der Waals surface area contributed by atoms with Gasteiger partial charge in [0.05, 0.1) is 38.6 Å². The van der Waals surface area contributed by atoms with Gasteiger partial charge in [0.1, 0.15) is 73.2 Å². The van der Waals surface area contributed by atoms with E-state index in [1.165, 1.54) is 263 Å². The molecule has 0 aromatic heterocycles. The maximum absolute atomic E-state index is 13.4. The molecule has 0 aliphatic carbocycles. The molecule has 94 heavy (non-hydrogen) atoms. The topological polar surface area (TPSA) is 307 Å². The Morgan fingerprint density at radius 1 is 0.340 bits per heavy atom. The Kier molecular flexibility index (Phi) is 53.1. The number of nitrogens with one attached hydrogen (secondary N) is 1. The van der Waals surface area contributed by atoms with Crippen molar-refractivity contribution < 1.29 is 89.4 Å². The molecule has 0 saturated carbocycles. The van der Waals surface area contributed by atoms with Crippen LogP contribution >= 0.6 is 0 Å². The third-order valence-electron chi connectivity index (χ3n) is 20.2. The lowest BCUT2D eigenvalue weighted by Crippen LogP contribution is -2.66. The quantitative estimate of drug-likeness (QED) is 0.0252. The molecule has 0 bridgehead atoms. The summed E-state index contributed by atoms with van der Waals surface area (Å²) in [7, 11) is 0. The Morgan fingerprint density at radius 3 is 0.926 bits per heavy atom. The maximum atomic E-state index is 13.4. The molecule has 19 heteroatoms. The maximum Gasteiger partial charge on any atom is 0.220 e. The summed E-state index contributed by atoms with van der Waals surface area (Å²) in [6.07, 6.45) is 37.9. The molecular formula is C75H145NO18. The number of carbonyl (C=O) groups excluding carboxylic acids is 1. The molecule has 558 valence electrons. The predicted octanol–water partition coefficient (Wildman–Crippen LogP) is 12.2. The zero-order valence-corrected chi connectivity index (χ0v) is 59.5. The van der Waals surface area contributed by atoms with Crippen LogP contribution in [0.4, 0.5) is 0 Å². The van der Waals surface area contributed by atoms with Crippen LogP contribution in [0.25, 0.3) is 0 Å². The van der Waals surface area contributed by atoms with E-state index in [0.717, 1.165) is 44.9 Å². The second-order valence-electron chi connectivity index (χ2n) is 28.5. The molecule has 3 aliphatic heterocycles. The van der Waals surface area contributed by atoms with Crippen LogP contribution in [-0.2, 0) is 33.2 Å². The molecule has 1 amide bonds. The Balaban J connectivity index is 1.30. The molecular weight excluding hydrogens is 1200 g/mol. The Morgan fingerprint density at radius 2 is 0.606 bits per heavy atom. The molecule has 0 aromatic rings. The minimum atomic E-state index is -1.97. The largest absolute Gasteiger partial charge is 0.394 e. The van der Waals surface area contributed by atoms with E-state index in [2.05, 4.69) is 19.2 Å². The summed E-state index contributed by atoms with van der Waals surface area (Å²) in [4.78, 5) is 13.4. The molecule has 17 atom stereocenters. The molecule has 0 radical (unpaired) electrons. The Bertz CT molecular complexity index is 1700.